The quantitative estimate of drug-likeness (QED) is 0.613. The Labute approximate surface area is 91.5 Å². The Balaban J connectivity index is 2.46. The van der Waals surface area contributed by atoms with Crippen molar-refractivity contribution >= 4 is 11.5 Å². The van der Waals surface area contributed by atoms with Crippen LogP contribution in [0.3, 0.4) is 0 Å². The van der Waals surface area contributed by atoms with Crippen molar-refractivity contribution in [3.05, 3.63) is 47.5 Å². The number of hydrogen-bond acceptors (Lipinski definition) is 3. The molecule has 1 heterocycles. The molecule has 16 heavy (non-hydrogen) atoms. The van der Waals surface area contributed by atoms with Crippen LogP contribution in [0.1, 0.15) is 16.1 Å². The molecule has 0 unspecified atom stereocenters. The highest BCUT2D eigenvalue weighted by Crippen LogP contribution is 2.17. The Morgan fingerprint density at radius 2 is 2.19 bits per heavy atom. The maximum atomic E-state index is 12.8. The number of aromatic nitrogens is 2. The van der Waals surface area contributed by atoms with Gasteiger partial charge in [0.2, 0.25) is 5.78 Å². The number of hydrogen-bond donors (Lipinski definition) is 1. The molecule has 1 aromatic carbocycles. The summed E-state index contributed by atoms with van der Waals surface area (Å²) in [4.78, 5) is 12.0. The molecule has 0 aliphatic rings. The molecule has 82 valence electrons. The zero-order valence-electron chi connectivity index (χ0n) is 8.64. The average Bonchev–Trinajstić information content (AvgIpc) is 2.63. The predicted molar refractivity (Wildman–Crippen MR) is 57.5 cm³/mol. The van der Waals surface area contributed by atoms with Crippen molar-refractivity contribution in [3.63, 3.8) is 0 Å². The summed E-state index contributed by atoms with van der Waals surface area (Å²) in [6.45, 7) is 0. The summed E-state index contributed by atoms with van der Waals surface area (Å²) in [6, 6.07) is 5.30. The van der Waals surface area contributed by atoms with Gasteiger partial charge in [-0.3, -0.25) is 9.48 Å². The lowest BCUT2D eigenvalue weighted by Gasteiger charge is -2.04. The van der Waals surface area contributed by atoms with Gasteiger partial charge in [-0.15, -0.1) is 0 Å². The molecular formula is C11H10FN3O. The third-order valence-corrected chi connectivity index (χ3v) is 2.31. The molecule has 0 saturated carbocycles. The van der Waals surface area contributed by atoms with Crippen molar-refractivity contribution in [1.29, 1.82) is 0 Å². The standard InChI is InChI=1S/C11H10FN3O/c1-15-10(4-5-14-15)11(16)8-3-2-7(12)6-9(8)13/h2-6H,13H2,1H3. The summed E-state index contributed by atoms with van der Waals surface area (Å²) >= 11 is 0. The predicted octanol–water partition coefficient (Wildman–Crippen LogP) is 1.37. The van der Waals surface area contributed by atoms with Gasteiger partial charge in [-0.05, 0) is 24.3 Å². The first-order chi connectivity index (χ1) is 7.59. The fourth-order valence-electron chi connectivity index (χ4n) is 1.47. The number of nitrogens with zero attached hydrogens (tertiary/aromatic N) is 2. The van der Waals surface area contributed by atoms with E-state index in [-0.39, 0.29) is 17.0 Å². The minimum absolute atomic E-state index is 0.131. The van der Waals surface area contributed by atoms with Crippen molar-refractivity contribution in [1.82, 2.24) is 9.78 Å². The number of carbonyl (C=O) groups is 1. The third kappa shape index (κ3) is 1.67. The van der Waals surface area contributed by atoms with Crippen LogP contribution in [0.15, 0.2) is 30.5 Å². The Kier molecular flexibility index (Phi) is 2.44. The highest BCUT2D eigenvalue weighted by atomic mass is 19.1. The molecule has 2 N–H and O–H groups in total. The van der Waals surface area contributed by atoms with E-state index in [4.69, 9.17) is 5.73 Å². The van der Waals surface area contributed by atoms with Gasteiger partial charge in [0.15, 0.2) is 0 Å². The summed E-state index contributed by atoms with van der Waals surface area (Å²) in [5.41, 5.74) is 6.42. The summed E-state index contributed by atoms with van der Waals surface area (Å²) in [6.07, 6.45) is 1.52. The summed E-state index contributed by atoms with van der Waals surface area (Å²) in [5.74, 6) is -0.725. The van der Waals surface area contributed by atoms with Crippen molar-refractivity contribution in [2.75, 3.05) is 5.73 Å². The fourth-order valence-corrected chi connectivity index (χ4v) is 1.47. The maximum Gasteiger partial charge on any atom is 0.213 e. The van der Waals surface area contributed by atoms with Gasteiger partial charge < -0.3 is 5.73 Å². The van der Waals surface area contributed by atoms with Crippen LogP contribution in [0.2, 0.25) is 0 Å². The number of anilines is 1. The number of nitrogens with two attached hydrogens (primary N) is 1. The van der Waals surface area contributed by atoms with Crippen LogP contribution in [0, 0.1) is 5.82 Å². The van der Waals surface area contributed by atoms with E-state index >= 15 is 0 Å². The van der Waals surface area contributed by atoms with Gasteiger partial charge in [0.05, 0.1) is 0 Å². The van der Waals surface area contributed by atoms with Crippen LogP contribution in [0.5, 0.6) is 0 Å². The number of nitrogen functional groups attached to an aromatic ring is 1. The Morgan fingerprint density at radius 3 is 2.75 bits per heavy atom. The second kappa shape index (κ2) is 3.77. The third-order valence-electron chi connectivity index (χ3n) is 2.31. The highest BCUT2D eigenvalue weighted by Gasteiger charge is 2.15. The Morgan fingerprint density at radius 1 is 1.44 bits per heavy atom. The maximum absolute atomic E-state index is 12.8. The lowest BCUT2D eigenvalue weighted by atomic mass is 10.1. The second-order valence-electron chi connectivity index (χ2n) is 3.40. The molecule has 0 bridgehead atoms. The lowest BCUT2D eigenvalue weighted by molar-refractivity contribution is 0.103. The zero-order valence-corrected chi connectivity index (χ0v) is 8.64. The van der Waals surface area contributed by atoms with Crippen LogP contribution in [0.4, 0.5) is 10.1 Å². The Hall–Kier alpha value is -2.17. The molecule has 0 atom stereocenters. The van der Waals surface area contributed by atoms with E-state index in [1.807, 2.05) is 0 Å². The first kappa shape index (κ1) is 10.4. The van der Waals surface area contributed by atoms with Crippen molar-refractivity contribution in [2.45, 2.75) is 0 Å². The van der Waals surface area contributed by atoms with Gasteiger partial charge in [-0.1, -0.05) is 0 Å². The van der Waals surface area contributed by atoms with E-state index in [1.54, 1.807) is 13.1 Å². The van der Waals surface area contributed by atoms with E-state index in [1.165, 1.54) is 23.0 Å². The van der Waals surface area contributed by atoms with Crippen LogP contribution >= 0.6 is 0 Å². The first-order valence-electron chi connectivity index (χ1n) is 4.67. The van der Waals surface area contributed by atoms with Gasteiger partial charge >= 0.3 is 0 Å². The highest BCUT2D eigenvalue weighted by molar-refractivity contribution is 6.11. The summed E-state index contributed by atoms with van der Waals surface area (Å²) in [5, 5.41) is 3.89. The van der Waals surface area contributed by atoms with Gasteiger partial charge in [-0.25, -0.2) is 4.39 Å². The van der Waals surface area contributed by atoms with Gasteiger partial charge in [-0.2, -0.15) is 5.10 Å². The van der Waals surface area contributed by atoms with E-state index in [9.17, 15) is 9.18 Å². The van der Waals surface area contributed by atoms with Crippen molar-refractivity contribution in [2.24, 2.45) is 7.05 Å². The molecule has 0 amide bonds. The number of carbonyl (C=O) groups excluding carboxylic acids is 1. The Bertz CT molecular complexity index is 548. The number of rotatable bonds is 2. The largest absolute Gasteiger partial charge is 0.398 e. The van der Waals surface area contributed by atoms with Gasteiger partial charge in [0.25, 0.3) is 0 Å². The van der Waals surface area contributed by atoms with Gasteiger partial charge in [0.1, 0.15) is 11.5 Å². The normalized spacial score (nSPS) is 10.4. The molecule has 5 heteroatoms. The second-order valence-corrected chi connectivity index (χ2v) is 3.40. The van der Waals surface area contributed by atoms with Crippen LogP contribution in [0.25, 0.3) is 0 Å². The summed E-state index contributed by atoms with van der Waals surface area (Å²) < 4.78 is 14.3. The fraction of sp³-hybridized carbons (Fsp3) is 0.0909. The molecule has 2 aromatic rings. The van der Waals surface area contributed by atoms with Crippen LogP contribution in [-0.4, -0.2) is 15.6 Å². The molecule has 1 aromatic heterocycles. The topological polar surface area (TPSA) is 60.9 Å². The van der Waals surface area contributed by atoms with Crippen molar-refractivity contribution < 1.29 is 9.18 Å². The first-order valence-corrected chi connectivity index (χ1v) is 4.67. The number of halogens is 1. The minimum Gasteiger partial charge on any atom is -0.398 e. The number of aryl methyl sites for hydroxylation is 1. The van der Waals surface area contributed by atoms with E-state index in [0.717, 1.165) is 6.07 Å². The molecular weight excluding hydrogens is 209 g/mol. The molecule has 0 radical (unpaired) electrons. The van der Waals surface area contributed by atoms with Gasteiger partial charge in [0, 0.05) is 24.5 Å². The molecule has 0 aliphatic carbocycles. The van der Waals surface area contributed by atoms with E-state index < -0.39 is 5.82 Å². The lowest BCUT2D eigenvalue weighted by Crippen LogP contribution is -2.10. The molecule has 0 aliphatic heterocycles. The van der Waals surface area contributed by atoms with Crippen LogP contribution in [-0.2, 0) is 7.05 Å². The van der Waals surface area contributed by atoms with E-state index in [0.29, 0.717) is 5.69 Å². The molecule has 2 rings (SSSR count). The average molecular weight is 219 g/mol. The minimum atomic E-state index is -0.459. The van der Waals surface area contributed by atoms with Crippen molar-refractivity contribution in [3.8, 4) is 0 Å². The molecule has 4 nitrogen and oxygen atoms in total. The van der Waals surface area contributed by atoms with Crippen LogP contribution < -0.4 is 5.73 Å². The number of ketones is 1. The zero-order chi connectivity index (χ0) is 11.7. The summed E-state index contributed by atoms with van der Waals surface area (Å²) in [7, 11) is 1.66. The molecule has 0 saturated heterocycles. The van der Waals surface area contributed by atoms with E-state index in [2.05, 4.69) is 5.10 Å². The smallest absolute Gasteiger partial charge is 0.213 e. The number of benzene rings is 1. The molecule has 0 spiro atoms. The monoisotopic (exact) mass is 219 g/mol. The molecule has 0 fully saturated rings. The SMILES string of the molecule is Cn1nccc1C(=O)c1ccc(F)cc1N.